The number of hydrogen-bond acceptors (Lipinski definition) is 2. The van der Waals surface area contributed by atoms with Crippen LogP contribution in [0.5, 0.6) is 0 Å². The predicted octanol–water partition coefficient (Wildman–Crippen LogP) is 3.03. The number of hydrogen-bond donors (Lipinski definition) is 1. The molecule has 0 unspecified atom stereocenters. The molecule has 0 saturated carbocycles. The lowest BCUT2D eigenvalue weighted by Crippen LogP contribution is -1.91. The molecule has 0 radical (unpaired) electrons. The Kier molecular flexibility index (Phi) is 2.29. The van der Waals surface area contributed by atoms with Crippen LogP contribution in [0.1, 0.15) is 16.1 Å². The first-order valence-corrected chi connectivity index (χ1v) is 5.14. The number of aromatic carboxylic acids is 1. The summed E-state index contributed by atoms with van der Waals surface area (Å²) in [6, 6.07) is 7.11. The van der Waals surface area contributed by atoms with Crippen LogP contribution in [0.4, 0.5) is 0 Å². The maximum absolute atomic E-state index is 10.6. The first-order chi connectivity index (χ1) is 6.70. The maximum Gasteiger partial charge on any atom is 0.371 e. The second-order valence-corrected chi connectivity index (χ2v) is 3.48. The van der Waals surface area contributed by atoms with Gasteiger partial charge in [-0.3, -0.25) is 0 Å². The van der Waals surface area contributed by atoms with Crippen molar-refractivity contribution in [3.05, 3.63) is 35.6 Å². The van der Waals surface area contributed by atoms with Crippen molar-refractivity contribution in [1.29, 1.82) is 0 Å². The normalized spacial score (nSPS) is 10.6. The zero-order chi connectivity index (χ0) is 10.1. The van der Waals surface area contributed by atoms with Crippen LogP contribution < -0.4 is 0 Å². The highest BCUT2D eigenvalue weighted by molar-refractivity contribution is 9.08. The molecule has 0 atom stereocenters. The molecule has 1 aromatic heterocycles. The topological polar surface area (TPSA) is 50.4 Å². The fourth-order valence-corrected chi connectivity index (χ4v) is 1.63. The van der Waals surface area contributed by atoms with Crippen LogP contribution in [-0.2, 0) is 5.33 Å². The summed E-state index contributed by atoms with van der Waals surface area (Å²) in [5.41, 5.74) is 1.70. The van der Waals surface area contributed by atoms with Gasteiger partial charge in [-0.1, -0.05) is 22.0 Å². The Morgan fingerprint density at radius 1 is 1.43 bits per heavy atom. The smallest absolute Gasteiger partial charge is 0.371 e. The number of carboxylic acids is 1. The van der Waals surface area contributed by atoms with E-state index in [1.165, 1.54) is 6.07 Å². The summed E-state index contributed by atoms with van der Waals surface area (Å²) in [6.07, 6.45) is 0. The molecule has 0 aliphatic carbocycles. The van der Waals surface area contributed by atoms with Crippen molar-refractivity contribution in [2.24, 2.45) is 0 Å². The fraction of sp³-hybridized carbons (Fsp3) is 0.100. The molecule has 0 spiro atoms. The zero-order valence-corrected chi connectivity index (χ0v) is 8.74. The average Bonchev–Trinajstić information content (AvgIpc) is 2.59. The minimum absolute atomic E-state index is 0.0216. The number of benzene rings is 1. The van der Waals surface area contributed by atoms with Crippen molar-refractivity contribution >= 4 is 32.9 Å². The lowest BCUT2D eigenvalue weighted by Gasteiger charge is -1.92. The van der Waals surface area contributed by atoms with Crippen LogP contribution >= 0.6 is 15.9 Å². The predicted molar refractivity (Wildman–Crippen MR) is 55.8 cm³/mol. The van der Waals surface area contributed by atoms with E-state index in [-0.39, 0.29) is 5.76 Å². The Balaban J connectivity index is 2.60. The van der Waals surface area contributed by atoms with Crippen molar-refractivity contribution in [3.8, 4) is 0 Å². The maximum atomic E-state index is 10.6. The second kappa shape index (κ2) is 3.46. The Morgan fingerprint density at radius 3 is 2.86 bits per heavy atom. The largest absolute Gasteiger partial charge is 0.475 e. The first-order valence-electron chi connectivity index (χ1n) is 4.02. The van der Waals surface area contributed by atoms with Gasteiger partial charge in [-0.25, -0.2) is 4.79 Å². The molecular formula is C10H7BrO3. The van der Waals surface area contributed by atoms with Crippen molar-refractivity contribution in [1.82, 2.24) is 0 Å². The Morgan fingerprint density at radius 2 is 2.21 bits per heavy atom. The van der Waals surface area contributed by atoms with Gasteiger partial charge in [0.15, 0.2) is 0 Å². The van der Waals surface area contributed by atoms with E-state index in [2.05, 4.69) is 15.9 Å². The van der Waals surface area contributed by atoms with Gasteiger partial charge in [-0.05, 0) is 23.8 Å². The summed E-state index contributed by atoms with van der Waals surface area (Å²) in [6.45, 7) is 0. The van der Waals surface area contributed by atoms with Crippen LogP contribution in [0, 0.1) is 0 Å². The SMILES string of the molecule is O=C(O)c1cc2cc(CBr)ccc2o1. The number of rotatable bonds is 2. The van der Waals surface area contributed by atoms with Gasteiger partial charge in [0, 0.05) is 10.7 Å². The number of fused-ring (bicyclic) bond motifs is 1. The lowest BCUT2D eigenvalue weighted by molar-refractivity contribution is 0.0665. The molecule has 0 aliphatic rings. The summed E-state index contributed by atoms with van der Waals surface area (Å²) >= 11 is 3.33. The molecule has 0 saturated heterocycles. The molecule has 3 nitrogen and oxygen atoms in total. The van der Waals surface area contributed by atoms with Gasteiger partial charge >= 0.3 is 5.97 Å². The van der Waals surface area contributed by atoms with Crippen molar-refractivity contribution in [2.75, 3.05) is 0 Å². The number of carboxylic acid groups (broad SMARTS) is 1. The fourth-order valence-electron chi connectivity index (χ4n) is 1.28. The van der Waals surface area contributed by atoms with Gasteiger partial charge in [0.25, 0.3) is 0 Å². The average molecular weight is 255 g/mol. The van der Waals surface area contributed by atoms with Gasteiger partial charge in [0.05, 0.1) is 0 Å². The molecule has 72 valence electrons. The standard InChI is InChI=1S/C10H7BrO3/c11-5-6-1-2-8-7(3-6)4-9(14-8)10(12)13/h1-4H,5H2,(H,12,13). The minimum atomic E-state index is -1.04. The molecule has 2 aromatic rings. The van der Waals surface area contributed by atoms with E-state index in [1.807, 2.05) is 12.1 Å². The van der Waals surface area contributed by atoms with E-state index in [0.29, 0.717) is 5.58 Å². The molecule has 0 fully saturated rings. The summed E-state index contributed by atoms with van der Waals surface area (Å²) < 4.78 is 5.11. The highest BCUT2D eigenvalue weighted by Gasteiger charge is 2.09. The van der Waals surface area contributed by atoms with E-state index in [0.717, 1.165) is 16.3 Å². The summed E-state index contributed by atoms with van der Waals surface area (Å²) in [5.74, 6) is -1.06. The first kappa shape index (κ1) is 9.27. The number of alkyl halides is 1. The van der Waals surface area contributed by atoms with Gasteiger partial charge in [0.1, 0.15) is 5.58 Å². The van der Waals surface area contributed by atoms with E-state index >= 15 is 0 Å². The number of furan rings is 1. The summed E-state index contributed by atoms with van der Waals surface area (Å²) in [4.78, 5) is 10.6. The van der Waals surface area contributed by atoms with E-state index in [4.69, 9.17) is 9.52 Å². The molecule has 2 rings (SSSR count). The third-order valence-electron chi connectivity index (χ3n) is 1.95. The number of carbonyl (C=O) groups is 1. The van der Waals surface area contributed by atoms with Gasteiger partial charge in [-0.2, -0.15) is 0 Å². The molecule has 0 aliphatic heterocycles. The van der Waals surface area contributed by atoms with Crippen LogP contribution in [0.3, 0.4) is 0 Å². The van der Waals surface area contributed by atoms with Crippen molar-refractivity contribution < 1.29 is 14.3 Å². The molecule has 0 amide bonds. The van der Waals surface area contributed by atoms with Crippen LogP contribution in [0.25, 0.3) is 11.0 Å². The third-order valence-corrected chi connectivity index (χ3v) is 2.59. The second-order valence-electron chi connectivity index (χ2n) is 2.92. The quantitative estimate of drug-likeness (QED) is 0.839. The number of halogens is 1. The molecule has 4 heteroatoms. The van der Waals surface area contributed by atoms with Crippen LogP contribution in [0.2, 0.25) is 0 Å². The van der Waals surface area contributed by atoms with Crippen molar-refractivity contribution in [2.45, 2.75) is 5.33 Å². The molecule has 1 aromatic carbocycles. The van der Waals surface area contributed by atoms with Crippen LogP contribution in [-0.4, -0.2) is 11.1 Å². The van der Waals surface area contributed by atoms with Gasteiger partial charge in [0.2, 0.25) is 5.76 Å². The van der Waals surface area contributed by atoms with Gasteiger partial charge in [-0.15, -0.1) is 0 Å². The Hall–Kier alpha value is -1.29. The van der Waals surface area contributed by atoms with E-state index in [9.17, 15) is 4.79 Å². The summed E-state index contributed by atoms with van der Waals surface area (Å²) in [7, 11) is 0. The highest BCUT2D eigenvalue weighted by atomic mass is 79.9. The molecular weight excluding hydrogens is 248 g/mol. The molecule has 1 heterocycles. The minimum Gasteiger partial charge on any atom is -0.475 e. The van der Waals surface area contributed by atoms with Crippen molar-refractivity contribution in [3.63, 3.8) is 0 Å². The van der Waals surface area contributed by atoms with E-state index in [1.54, 1.807) is 6.07 Å². The van der Waals surface area contributed by atoms with Crippen LogP contribution in [0.15, 0.2) is 28.7 Å². The molecule has 14 heavy (non-hydrogen) atoms. The lowest BCUT2D eigenvalue weighted by atomic mass is 10.2. The monoisotopic (exact) mass is 254 g/mol. The highest BCUT2D eigenvalue weighted by Crippen LogP contribution is 2.21. The third kappa shape index (κ3) is 1.53. The van der Waals surface area contributed by atoms with E-state index < -0.39 is 5.97 Å². The Labute approximate surface area is 88.5 Å². The summed E-state index contributed by atoms with van der Waals surface area (Å²) in [5, 5.41) is 10.3. The molecule has 1 N–H and O–H groups in total. The molecule has 0 bridgehead atoms. The Bertz CT molecular complexity index is 487. The zero-order valence-electron chi connectivity index (χ0n) is 7.16. The van der Waals surface area contributed by atoms with Gasteiger partial charge < -0.3 is 9.52 Å².